The highest BCUT2D eigenvalue weighted by atomic mass is 32.2. The van der Waals surface area contributed by atoms with E-state index in [1.165, 1.54) is 20.5 Å². The van der Waals surface area contributed by atoms with Crippen LogP contribution in [-0.2, 0) is 27.8 Å². The Bertz CT molecular complexity index is 1150. The van der Waals surface area contributed by atoms with Gasteiger partial charge in [-0.15, -0.1) is 11.3 Å². The van der Waals surface area contributed by atoms with Crippen LogP contribution in [0.25, 0.3) is 0 Å². The molecule has 0 atom stereocenters. The average molecular weight is 477 g/mol. The molecule has 4 rings (SSSR count). The van der Waals surface area contributed by atoms with E-state index in [-0.39, 0.29) is 37.2 Å². The molecule has 0 radical (unpaired) electrons. The van der Waals surface area contributed by atoms with Crippen molar-refractivity contribution in [2.75, 3.05) is 18.4 Å². The van der Waals surface area contributed by atoms with E-state index < -0.39 is 15.3 Å². The second-order valence-corrected chi connectivity index (χ2v) is 11.6. The molecule has 0 spiro atoms. The van der Waals surface area contributed by atoms with Crippen molar-refractivity contribution in [1.29, 1.82) is 0 Å². The lowest BCUT2D eigenvalue weighted by Crippen LogP contribution is -2.39. The molecule has 0 fully saturated rings. The van der Waals surface area contributed by atoms with Gasteiger partial charge in [0.25, 0.3) is 11.8 Å². The molecular weight excluding hydrogens is 452 g/mol. The number of benzene rings is 1. The third-order valence-corrected chi connectivity index (χ3v) is 8.78. The fraction of sp³-hybridized carbons (Fsp3) is 0.429. The molecule has 1 aromatic carbocycles. The van der Waals surface area contributed by atoms with Crippen molar-refractivity contribution in [1.82, 2.24) is 14.2 Å². The zero-order valence-corrected chi connectivity index (χ0v) is 19.5. The highest BCUT2D eigenvalue weighted by Gasteiger charge is 2.35. The van der Waals surface area contributed by atoms with Crippen LogP contribution in [0.3, 0.4) is 0 Å². The van der Waals surface area contributed by atoms with E-state index in [0.29, 0.717) is 35.6 Å². The van der Waals surface area contributed by atoms with E-state index in [1.807, 2.05) is 0 Å². The molecule has 1 aromatic heterocycles. The third-order valence-electron chi connectivity index (χ3n) is 5.56. The monoisotopic (exact) mass is 476 g/mol. The zero-order chi connectivity index (χ0) is 23.0. The van der Waals surface area contributed by atoms with Gasteiger partial charge in [-0.25, -0.2) is 13.4 Å². The van der Waals surface area contributed by atoms with Gasteiger partial charge in [-0.2, -0.15) is 4.31 Å². The Kier molecular flexibility index (Phi) is 6.15. The standard InChI is InChI=1S/C21H24N4O5S2/c1-13(2)32(29,30)24-11-9-16-17(12-24)31-21(22-16)23-18(26)8-5-10-25-19(27)14-6-3-4-7-15(14)20(25)28/h3-4,6-7,13H,5,8-12H2,1-2H3,(H,22,23,26). The maximum atomic E-state index is 12.4. The number of carbonyl (C=O) groups is 3. The Hall–Kier alpha value is -2.63. The number of nitrogens with zero attached hydrogens (tertiary/aromatic N) is 3. The summed E-state index contributed by atoms with van der Waals surface area (Å²) in [5, 5.41) is 2.70. The predicted molar refractivity (Wildman–Crippen MR) is 120 cm³/mol. The lowest BCUT2D eigenvalue weighted by molar-refractivity contribution is -0.116. The van der Waals surface area contributed by atoms with Crippen molar-refractivity contribution in [2.45, 2.75) is 44.9 Å². The highest BCUT2D eigenvalue weighted by Crippen LogP contribution is 2.30. The maximum absolute atomic E-state index is 12.4. The number of hydrogen-bond donors (Lipinski definition) is 1. The van der Waals surface area contributed by atoms with E-state index in [9.17, 15) is 22.8 Å². The Labute approximate surface area is 190 Å². The van der Waals surface area contributed by atoms with E-state index in [2.05, 4.69) is 10.3 Å². The first-order valence-corrected chi connectivity index (χ1v) is 12.7. The van der Waals surface area contributed by atoms with Crippen LogP contribution >= 0.6 is 11.3 Å². The second-order valence-electron chi connectivity index (χ2n) is 8.03. The van der Waals surface area contributed by atoms with Crippen LogP contribution in [0.5, 0.6) is 0 Å². The number of anilines is 1. The molecule has 0 unspecified atom stereocenters. The Morgan fingerprint density at radius 1 is 1.19 bits per heavy atom. The minimum absolute atomic E-state index is 0.130. The number of amides is 3. The lowest BCUT2D eigenvalue weighted by atomic mass is 10.1. The molecule has 170 valence electrons. The zero-order valence-electron chi connectivity index (χ0n) is 17.8. The van der Waals surface area contributed by atoms with Crippen molar-refractivity contribution >= 4 is 44.2 Å². The molecule has 9 nitrogen and oxygen atoms in total. The molecule has 11 heteroatoms. The number of aromatic nitrogens is 1. The number of nitrogens with one attached hydrogen (secondary N) is 1. The molecular formula is C21H24N4O5S2. The van der Waals surface area contributed by atoms with Gasteiger partial charge in [0.2, 0.25) is 15.9 Å². The van der Waals surface area contributed by atoms with Gasteiger partial charge in [0, 0.05) is 37.4 Å². The minimum atomic E-state index is -3.34. The molecule has 0 saturated carbocycles. The summed E-state index contributed by atoms with van der Waals surface area (Å²) in [6, 6.07) is 6.68. The number of carbonyl (C=O) groups excluding carboxylic acids is 3. The molecule has 2 aromatic rings. The van der Waals surface area contributed by atoms with Crippen LogP contribution in [-0.4, -0.2) is 58.7 Å². The predicted octanol–water partition coefficient (Wildman–Crippen LogP) is 2.25. The molecule has 2 aliphatic heterocycles. The van der Waals surface area contributed by atoms with Crippen LogP contribution in [0.4, 0.5) is 5.13 Å². The molecule has 0 bridgehead atoms. The first-order chi connectivity index (χ1) is 15.2. The Balaban J connectivity index is 1.30. The fourth-order valence-electron chi connectivity index (χ4n) is 3.76. The number of fused-ring (bicyclic) bond motifs is 2. The van der Waals surface area contributed by atoms with Gasteiger partial charge in [-0.1, -0.05) is 12.1 Å². The Morgan fingerprint density at radius 2 is 1.84 bits per heavy atom. The summed E-state index contributed by atoms with van der Waals surface area (Å²) in [6.45, 7) is 4.13. The van der Waals surface area contributed by atoms with Gasteiger partial charge in [0.05, 0.1) is 22.1 Å². The smallest absolute Gasteiger partial charge is 0.261 e. The summed E-state index contributed by atoms with van der Waals surface area (Å²) in [5.41, 5.74) is 1.60. The number of thiazole rings is 1. The van der Waals surface area contributed by atoms with Gasteiger partial charge in [0.15, 0.2) is 5.13 Å². The molecule has 3 heterocycles. The number of imide groups is 1. The van der Waals surface area contributed by atoms with E-state index in [1.54, 1.807) is 38.1 Å². The summed E-state index contributed by atoms with van der Waals surface area (Å²) in [6.07, 6.45) is 0.974. The summed E-state index contributed by atoms with van der Waals surface area (Å²) in [7, 11) is -3.34. The summed E-state index contributed by atoms with van der Waals surface area (Å²) in [4.78, 5) is 43.5. The minimum Gasteiger partial charge on any atom is -0.302 e. The molecule has 2 aliphatic rings. The van der Waals surface area contributed by atoms with Crippen LogP contribution in [0.2, 0.25) is 0 Å². The van der Waals surface area contributed by atoms with Crippen molar-refractivity contribution in [3.8, 4) is 0 Å². The molecule has 0 aliphatic carbocycles. The first-order valence-electron chi connectivity index (χ1n) is 10.4. The van der Waals surface area contributed by atoms with E-state index in [0.717, 1.165) is 10.6 Å². The van der Waals surface area contributed by atoms with Crippen LogP contribution < -0.4 is 5.32 Å². The van der Waals surface area contributed by atoms with Gasteiger partial charge in [-0.3, -0.25) is 19.3 Å². The maximum Gasteiger partial charge on any atom is 0.261 e. The molecule has 32 heavy (non-hydrogen) atoms. The average Bonchev–Trinajstić information content (AvgIpc) is 3.26. The highest BCUT2D eigenvalue weighted by molar-refractivity contribution is 7.89. The SMILES string of the molecule is CC(C)S(=O)(=O)N1CCc2nc(NC(=O)CCCN3C(=O)c4ccccc4C3=O)sc2C1. The van der Waals surface area contributed by atoms with Crippen LogP contribution in [0, 0.1) is 0 Å². The van der Waals surface area contributed by atoms with Crippen LogP contribution in [0.15, 0.2) is 24.3 Å². The molecule has 3 amide bonds. The van der Waals surface area contributed by atoms with Gasteiger partial charge >= 0.3 is 0 Å². The van der Waals surface area contributed by atoms with Crippen molar-refractivity contribution in [2.24, 2.45) is 0 Å². The Morgan fingerprint density at radius 3 is 2.47 bits per heavy atom. The van der Waals surface area contributed by atoms with E-state index >= 15 is 0 Å². The summed E-state index contributed by atoms with van der Waals surface area (Å²) < 4.78 is 26.3. The quantitative estimate of drug-likeness (QED) is 0.613. The summed E-state index contributed by atoms with van der Waals surface area (Å²) in [5.74, 6) is -0.932. The normalized spacial score (nSPS) is 16.4. The van der Waals surface area contributed by atoms with Gasteiger partial charge < -0.3 is 5.32 Å². The third kappa shape index (κ3) is 4.19. The second kappa shape index (κ2) is 8.72. The topological polar surface area (TPSA) is 117 Å². The molecule has 1 N–H and O–H groups in total. The lowest BCUT2D eigenvalue weighted by Gasteiger charge is -2.26. The van der Waals surface area contributed by atoms with E-state index in [4.69, 9.17) is 0 Å². The molecule has 0 saturated heterocycles. The summed E-state index contributed by atoms with van der Waals surface area (Å²) >= 11 is 1.28. The van der Waals surface area contributed by atoms with Gasteiger partial charge in [-0.05, 0) is 32.4 Å². The number of rotatable bonds is 7. The van der Waals surface area contributed by atoms with Crippen LogP contribution in [0.1, 0.15) is 58.0 Å². The van der Waals surface area contributed by atoms with Gasteiger partial charge in [0.1, 0.15) is 0 Å². The van der Waals surface area contributed by atoms with Crippen molar-refractivity contribution < 1.29 is 22.8 Å². The fourth-order valence-corrected chi connectivity index (χ4v) is 6.14. The largest absolute Gasteiger partial charge is 0.302 e. The van der Waals surface area contributed by atoms with Crippen molar-refractivity contribution in [3.05, 3.63) is 46.0 Å². The number of sulfonamides is 1. The van der Waals surface area contributed by atoms with Crippen molar-refractivity contribution in [3.63, 3.8) is 0 Å². The first kappa shape index (κ1) is 22.6. The number of hydrogen-bond acceptors (Lipinski definition) is 7.